The fourth-order valence-corrected chi connectivity index (χ4v) is 2.15. The molecule has 0 aromatic heterocycles. The Balaban J connectivity index is 2.09. The van der Waals surface area contributed by atoms with Crippen LogP contribution in [0.3, 0.4) is 0 Å². The lowest BCUT2D eigenvalue weighted by molar-refractivity contribution is -0.117. The van der Waals surface area contributed by atoms with Crippen molar-refractivity contribution in [2.24, 2.45) is 0 Å². The van der Waals surface area contributed by atoms with Crippen LogP contribution in [0.15, 0.2) is 36.4 Å². The smallest absolute Gasteiger partial charge is 0.145 e. The molecule has 0 aliphatic rings. The van der Waals surface area contributed by atoms with E-state index in [4.69, 9.17) is 23.2 Å². The van der Waals surface area contributed by atoms with Crippen LogP contribution in [-0.2, 0) is 17.6 Å². The van der Waals surface area contributed by atoms with Crippen molar-refractivity contribution in [2.45, 2.75) is 12.8 Å². The van der Waals surface area contributed by atoms with E-state index in [9.17, 15) is 13.6 Å². The van der Waals surface area contributed by atoms with Gasteiger partial charge in [-0.05, 0) is 29.3 Å². The number of carbonyl (C=O) groups excluding carboxylic acids is 1. The van der Waals surface area contributed by atoms with Crippen LogP contribution in [-0.4, -0.2) is 5.78 Å². The predicted octanol–water partition coefficient (Wildman–Crippen LogP) is 4.63. The predicted molar refractivity (Wildman–Crippen MR) is 75.2 cm³/mol. The minimum Gasteiger partial charge on any atom is -0.299 e. The number of Topliss-reactive ketones (excluding diaryl/α,β-unsaturated/α-hetero) is 1. The summed E-state index contributed by atoms with van der Waals surface area (Å²) in [6.07, 6.45) is -0.0727. The van der Waals surface area contributed by atoms with Gasteiger partial charge in [-0.2, -0.15) is 0 Å². The van der Waals surface area contributed by atoms with Gasteiger partial charge in [-0.15, -0.1) is 0 Å². The molecule has 0 bridgehead atoms. The van der Waals surface area contributed by atoms with E-state index in [1.807, 2.05) is 0 Å². The van der Waals surface area contributed by atoms with Gasteiger partial charge in [0.05, 0.1) is 10.0 Å². The normalized spacial score (nSPS) is 10.6. The Morgan fingerprint density at radius 1 is 1.00 bits per heavy atom. The number of ketones is 1. The van der Waals surface area contributed by atoms with Gasteiger partial charge in [0.15, 0.2) is 0 Å². The summed E-state index contributed by atoms with van der Waals surface area (Å²) in [7, 11) is 0. The number of hydrogen-bond donors (Lipinski definition) is 0. The third-order valence-electron chi connectivity index (χ3n) is 2.80. The monoisotopic (exact) mass is 314 g/mol. The Hall–Kier alpha value is -1.45. The third-order valence-corrected chi connectivity index (χ3v) is 3.40. The van der Waals surface area contributed by atoms with Crippen LogP contribution in [0.4, 0.5) is 8.78 Å². The second-order valence-corrected chi connectivity index (χ2v) is 5.17. The summed E-state index contributed by atoms with van der Waals surface area (Å²) in [5, 5.41) is -0.0186. The maximum absolute atomic E-state index is 13.7. The van der Waals surface area contributed by atoms with E-state index in [0.29, 0.717) is 5.56 Å². The molecule has 0 N–H and O–H groups in total. The van der Waals surface area contributed by atoms with Crippen LogP contribution < -0.4 is 0 Å². The highest BCUT2D eigenvalue weighted by Crippen LogP contribution is 2.20. The van der Waals surface area contributed by atoms with Crippen molar-refractivity contribution < 1.29 is 13.6 Å². The molecule has 104 valence electrons. The molecule has 0 heterocycles. The SMILES string of the molecule is O=C(Cc1ccc(Cl)c(F)c1)Cc1cccc(Cl)c1F. The molecule has 0 atom stereocenters. The minimum atomic E-state index is -0.593. The Morgan fingerprint density at radius 2 is 1.75 bits per heavy atom. The molecule has 0 aliphatic heterocycles. The van der Waals surface area contributed by atoms with Crippen LogP contribution in [0.1, 0.15) is 11.1 Å². The van der Waals surface area contributed by atoms with Crippen molar-refractivity contribution in [3.05, 3.63) is 69.2 Å². The fourth-order valence-electron chi connectivity index (χ4n) is 1.84. The molecule has 0 unspecified atom stereocenters. The largest absolute Gasteiger partial charge is 0.299 e. The minimum absolute atomic E-state index is 0.00193. The molecule has 2 rings (SSSR count). The van der Waals surface area contributed by atoms with Crippen LogP contribution >= 0.6 is 23.2 Å². The lowest BCUT2D eigenvalue weighted by Gasteiger charge is -2.05. The van der Waals surface area contributed by atoms with Gasteiger partial charge in [0.1, 0.15) is 17.4 Å². The summed E-state index contributed by atoms with van der Waals surface area (Å²) in [5.74, 6) is -1.40. The molecule has 0 saturated heterocycles. The third kappa shape index (κ3) is 3.56. The Kier molecular flexibility index (Phi) is 4.73. The number of halogens is 4. The first-order valence-electron chi connectivity index (χ1n) is 5.86. The average Bonchev–Trinajstić information content (AvgIpc) is 2.39. The molecule has 20 heavy (non-hydrogen) atoms. The molecule has 0 radical (unpaired) electrons. The van der Waals surface area contributed by atoms with Crippen molar-refractivity contribution in [2.75, 3.05) is 0 Å². The van der Waals surface area contributed by atoms with Gasteiger partial charge < -0.3 is 0 Å². The second-order valence-electron chi connectivity index (χ2n) is 4.35. The lowest BCUT2D eigenvalue weighted by Crippen LogP contribution is -2.08. The Morgan fingerprint density at radius 3 is 2.45 bits per heavy atom. The van der Waals surface area contributed by atoms with E-state index in [0.717, 1.165) is 0 Å². The summed E-state index contributed by atoms with van der Waals surface area (Å²) in [5.41, 5.74) is 0.733. The number of hydrogen-bond acceptors (Lipinski definition) is 1. The molecular formula is C15H10Cl2F2O. The first-order chi connectivity index (χ1) is 9.47. The van der Waals surface area contributed by atoms with E-state index in [1.165, 1.54) is 24.3 Å². The summed E-state index contributed by atoms with van der Waals surface area (Å²) in [4.78, 5) is 11.9. The van der Waals surface area contributed by atoms with Gasteiger partial charge in [0.25, 0.3) is 0 Å². The molecule has 0 saturated carbocycles. The second kappa shape index (κ2) is 6.33. The van der Waals surface area contributed by atoms with Crippen LogP contribution in [0, 0.1) is 11.6 Å². The van der Waals surface area contributed by atoms with Crippen molar-refractivity contribution in [1.29, 1.82) is 0 Å². The van der Waals surface area contributed by atoms with Crippen LogP contribution in [0.5, 0.6) is 0 Å². The number of carbonyl (C=O) groups is 1. The van der Waals surface area contributed by atoms with Gasteiger partial charge in [-0.3, -0.25) is 4.79 Å². The summed E-state index contributed by atoms with van der Waals surface area (Å²) < 4.78 is 26.9. The number of benzene rings is 2. The Labute approximate surface area is 125 Å². The first kappa shape index (κ1) is 14.9. The summed E-state index contributed by atoms with van der Waals surface area (Å²) in [6.45, 7) is 0. The van der Waals surface area contributed by atoms with E-state index >= 15 is 0 Å². The maximum Gasteiger partial charge on any atom is 0.145 e. The van der Waals surface area contributed by atoms with Gasteiger partial charge in [0, 0.05) is 12.8 Å². The molecule has 1 nitrogen and oxygen atoms in total. The standard InChI is InChI=1S/C15H10Cl2F2O/c16-12-5-4-9(7-14(12)18)6-11(20)8-10-2-1-3-13(17)15(10)19/h1-5,7H,6,8H2. The topological polar surface area (TPSA) is 17.1 Å². The zero-order valence-electron chi connectivity index (χ0n) is 10.3. The lowest BCUT2D eigenvalue weighted by atomic mass is 10.0. The maximum atomic E-state index is 13.7. The van der Waals surface area contributed by atoms with Gasteiger partial charge in [-0.1, -0.05) is 41.4 Å². The molecule has 0 amide bonds. The fraction of sp³-hybridized carbons (Fsp3) is 0.133. The molecule has 5 heteroatoms. The summed E-state index contributed by atoms with van der Waals surface area (Å²) in [6, 6.07) is 8.66. The van der Waals surface area contributed by atoms with E-state index in [-0.39, 0.29) is 34.2 Å². The summed E-state index contributed by atoms with van der Waals surface area (Å²) >= 11 is 11.2. The van der Waals surface area contributed by atoms with Crippen molar-refractivity contribution >= 4 is 29.0 Å². The van der Waals surface area contributed by atoms with E-state index in [2.05, 4.69) is 0 Å². The van der Waals surface area contributed by atoms with Gasteiger partial charge in [0.2, 0.25) is 0 Å². The van der Waals surface area contributed by atoms with Crippen LogP contribution in [0.2, 0.25) is 10.0 Å². The van der Waals surface area contributed by atoms with Gasteiger partial charge in [-0.25, -0.2) is 8.78 Å². The zero-order valence-corrected chi connectivity index (χ0v) is 11.8. The van der Waals surface area contributed by atoms with Crippen molar-refractivity contribution in [1.82, 2.24) is 0 Å². The number of rotatable bonds is 4. The van der Waals surface area contributed by atoms with E-state index < -0.39 is 11.6 Å². The first-order valence-corrected chi connectivity index (χ1v) is 6.61. The zero-order chi connectivity index (χ0) is 14.7. The molecule has 0 fully saturated rings. The molecular weight excluding hydrogens is 305 g/mol. The van der Waals surface area contributed by atoms with Crippen molar-refractivity contribution in [3.8, 4) is 0 Å². The highest BCUT2D eigenvalue weighted by atomic mass is 35.5. The average molecular weight is 315 g/mol. The Bertz CT molecular complexity index is 656. The molecule has 2 aromatic carbocycles. The van der Waals surface area contributed by atoms with Crippen LogP contribution in [0.25, 0.3) is 0 Å². The highest BCUT2D eigenvalue weighted by molar-refractivity contribution is 6.31. The van der Waals surface area contributed by atoms with Crippen molar-refractivity contribution in [3.63, 3.8) is 0 Å². The highest BCUT2D eigenvalue weighted by Gasteiger charge is 2.12. The van der Waals surface area contributed by atoms with E-state index in [1.54, 1.807) is 12.1 Å². The molecule has 0 aliphatic carbocycles. The molecule has 0 spiro atoms. The van der Waals surface area contributed by atoms with Gasteiger partial charge >= 0.3 is 0 Å². The molecule has 2 aromatic rings. The quantitative estimate of drug-likeness (QED) is 0.804.